The minimum atomic E-state index is -0.647. The molecule has 0 saturated carbocycles. The quantitative estimate of drug-likeness (QED) is 0.788. The Hall–Kier alpha value is -1.38. The van der Waals surface area contributed by atoms with E-state index in [1.54, 1.807) is 18.3 Å². The predicted octanol–water partition coefficient (Wildman–Crippen LogP) is 2.82. The fourth-order valence-electron chi connectivity index (χ4n) is 1.42. The molecule has 1 aromatic carbocycles. The minimum Gasteiger partial charge on any atom is -0.384 e. The van der Waals surface area contributed by atoms with E-state index in [0.29, 0.717) is 5.15 Å². The van der Waals surface area contributed by atoms with Crippen LogP contribution in [0.25, 0.3) is 0 Å². The number of hydrogen-bond acceptors (Lipinski definition) is 2. The van der Waals surface area contributed by atoms with Crippen molar-refractivity contribution < 1.29 is 5.11 Å². The van der Waals surface area contributed by atoms with Gasteiger partial charge in [0.25, 0.3) is 0 Å². The molecule has 0 aliphatic carbocycles. The zero-order valence-corrected chi connectivity index (χ0v) is 8.72. The van der Waals surface area contributed by atoms with E-state index in [1.807, 2.05) is 30.3 Å². The highest BCUT2D eigenvalue weighted by molar-refractivity contribution is 6.29. The number of aliphatic hydroxyl groups excluding tert-OH is 1. The molecule has 2 nitrogen and oxygen atoms in total. The van der Waals surface area contributed by atoms with E-state index in [-0.39, 0.29) is 0 Å². The van der Waals surface area contributed by atoms with Gasteiger partial charge in [-0.05, 0) is 23.3 Å². The summed E-state index contributed by atoms with van der Waals surface area (Å²) in [4.78, 5) is 3.87. The van der Waals surface area contributed by atoms with Gasteiger partial charge in [0.15, 0.2) is 0 Å². The Morgan fingerprint density at radius 3 is 2.47 bits per heavy atom. The number of benzene rings is 1. The molecule has 0 bridgehead atoms. The Bertz CT molecular complexity index is 444. The summed E-state index contributed by atoms with van der Waals surface area (Å²) in [6.45, 7) is 0. The summed E-state index contributed by atoms with van der Waals surface area (Å²) in [5.41, 5.74) is 1.60. The molecule has 1 heterocycles. The smallest absolute Gasteiger partial charge is 0.129 e. The van der Waals surface area contributed by atoms with Gasteiger partial charge in [0.1, 0.15) is 11.3 Å². The molecule has 2 aromatic rings. The fraction of sp³-hybridized carbons (Fsp3) is 0.0833. The van der Waals surface area contributed by atoms with E-state index in [2.05, 4.69) is 4.98 Å². The van der Waals surface area contributed by atoms with Gasteiger partial charge in [-0.1, -0.05) is 41.9 Å². The number of hydrogen-bond donors (Lipinski definition) is 1. The first-order chi connectivity index (χ1) is 7.27. The van der Waals surface area contributed by atoms with Gasteiger partial charge in [-0.3, -0.25) is 0 Å². The normalized spacial score (nSPS) is 12.4. The number of pyridine rings is 1. The number of nitrogens with zero attached hydrogens (tertiary/aromatic N) is 1. The lowest BCUT2D eigenvalue weighted by atomic mass is 10.0. The highest BCUT2D eigenvalue weighted by Gasteiger charge is 2.09. The van der Waals surface area contributed by atoms with Crippen molar-refractivity contribution in [3.63, 3.8) is 0 Å². The third-order valence-electron chi connectivity index (χ3n) is 2.18. The van der Waals surface area contributed by atoms with Gasteiger partial charge >= 0.3 is 0 Å². The van der Waals surface area contributed by atoms with Gasteiger partial charge in [0.05, 0.1) is 0 Å². The molecular weight excluding hydrogens is 210 g/mol. The molecule has 3 heteroatoms. The minimum absolute atomic E-state index is 0.391. The van der Waals surface area contributed by atoms with Crippen molar-refractivity contribution in [2.75, 3.05) is 0 Å². The van der Waals surface area contributed by atoms with E-state index >= 15 is 0 Å². The van der Waals surface area contributed by atoms with Gasteiger partial charge in [-0.15, -0.1) is 0 Å². The van der Waals surface area contributed by atoms with Gasteiger partial charge < -0.3 is 5.11 Å². The van der Waals surface area contributed by atoms with Crippen LogP contribution in [-0.4, -0.2) is 10.1 Å². The largest absolute Gasteiger partial charge is 0.384 e. The van der Waals surface area contributed by atoms with Gasteiger partial charge in [0, 0.05) is 6.20 Å². The molecule has 2 rings (SSSR count). The van der Waals surface area contributed by atoms with Crippen LogP contribution < -0.4 is 0 Å². The van der Waals surface area contributed by atoms with E-state index < -0.39 is 6.10 Å². The highest BCUT2D eigenvalue weighted by Crippen LogP contribution is 2.22. The Kier molecular flexibility index (Phi) is 2.99. The topological polar surface area (TPSA) is 33.1 Å². The summed E-state index contributed by atoms with van der Waals surface area (Å²) in [6, 6.07) is 12.9. The Morgan fingerprint density at radius 1 is 1.07 bits per heavy atom. The molecule has 0 fully saturated rings. The molecular formula is C12H10ClNO. The van der Waals surface area contributed by atoms with E-state index in [1.165, 1.54) is 0 Å². The molecule has 1 aromatic heterocycles. The van der Waals surface area contributed by atoms with Crippen molar-refractivity contribution >= 4 is 11.6 Å². The summed E-state index contributed by atoms with van der Waals surface area (Å²) in [5.74, 6) is 0. The molecule has 0 aliphatic rings. The van der Waals surface area contributed by atoms with Gasteiger partial charge in [-0.25, -0.2) is 4.98 Å². The average molecular weight is 220 g/mol. The van der Waals surface area contributed by atoms with E-state index in [4.69, 9.17) is 11.6 Å². The molecule has 0 radical (unpaired) electrons. The highest BCUT2D eigenvalue weighted by atomic mass is 35.5. The SMILES string of the molecule is OC(c1ccccc1)c1ccnc(Cl)c1. The number of halogens is 1. The second-order valence-corrected chi connectivity index (χ2v) is 3.61. The molecule has 76 valence electrons. The second kappa shape index (κ2) is 4.43. The lowest BCUT2D eigenvalue weighted by molar-refractivity contribution is 0.220. The fourth-order valence-corrected chi connectivity index (χ4v) is 1.60. The molecule has 1 unspecified atom stereocenters. The van der Waals surface area contributed by atoms with Crippen LogP contribution >= 0.6 is 11.6 Å². The molecule has 0 spiro atoms. The van der Waals surface area contributed by atoms with Gasteiger partial charge in [0.2, 0.25) is 0 Å². The Morgan fingerprint density at radius 2 is 1.80 bits per heavy atom. The van der Waals surface area contributed by atoms with Crippen molar-refractivity contribution in [3.05, 3.63) is 64.9 Å². The predicted molar refractivity (Wildman–Crippen MR) is 59.8 cm³/mol. The van der Waals surface area contributed by atoms with Crippen LogP contribution in [-0.2, 0) is 0 Å². The van der Waals surface area contributed by atoms with Crippen LogP contribution in [0.4, 0.5) is 0 Å². The summed E-state index contributed by atoms with van der Waals surface area (Å²) < 4.78 is 0. The molecule has 0 saturated heterocycles. The van der Waals surface area contributed by atoms with E-state index in [9.17, 15) is 5.11 Å². The maximum atomic E-state index is 10.0. The first-order valence-corrected chi connectivity index (χ1v) is 4.99. The third kappa shape index (κ3) is 2.35. The van der Waals surface area contributed by atoms with Crippen LogP contribution in [0.15, 0.2) is 48.7 Å². The molecule has 1 atom stereocenters. The zero-order chi connectivity index (χ0) is 10.7. The lowest BCUT2D eigenvalue weighted by Crippen LogP contribution is -1.99. The maximum Gasteiger partial charge on any atom is 0.129 e. The van der Waals surface area contributed by atoms with Crippen LogP contribution in [0.3, 0.4) is 0 Å². The summed E-state index contributed by atoms with van der Waals surface area (Å²) in [5, 5.41) is 10.4. The first kappa shape index (κ1) is 10.1. The van der Waals surface area contributed by atoms with Crippen LogP contribution in [0.5, 0.6) is 0 Å². The molecule has 0 aliphatic heterocycles. The standard InChI is InChI=1S/C12H10ClNO/c13-11-8-10(6-7-14-11)12(15)9-4-2-1-3-5-9/h1-8,12,15H. The van der Waals surface area contributed by atoms with Crippen molar-refractivity contribution in [3.8, 4) is 0 Å². The third-order valence-corrected chi connectivity index (χ3v) is 2.39. The number of aromatic nitrogens is 1. The number of aliphatic hydroxyl groups is 1. The molecule has 0 amide bonds. The van der Waals surface area contributed by atoms with Crippen molar-refractivity contribution in [2.24, 2.45) is 0 Å². The van der Waals surface area contributed by atoms with Crippen molar-refractivity contribution in [1.82, 2.24) is 4.98 Å². The average Bonchev–Trinajstić information content (AvgIpc) is 2.29. The summed E-state index contributed by atoms with van der Waals surface area (Å²) in [6.07, 6.45) is 0.941. The van der Waals surface area contributed by atoms with Crippen LogP contribution in [0.2, 0.25) is 5.15 Å². The zero-order valence-electron chi connectivity index (χ0n) is 7.97. The Balaban J connectivity index is 2.32. The van der Waals surface area contributed by atoms with Gasteiger partial charge in [-0.2, -0.15) is 0 Å². The second-order valence-electron chi connectivity index (χ2n) is 3.23. The van der Waals surface area contributed by atoms with E-state index in [0.717, 1.165) is 11.1 Å². The van der Waals surface area contributed by atoms with Crippen molar-refractivity contribution in [1.29, 1.82) is 0 Å². The van der Waals surface area contributed by atoms with Crippen LogP contribution in [0.1, 0.15) is 17.2 Å². The van der Waals surface area contributed by atoms with Crippen LogP contribution in [0, 0.1) is 0 Å². The molecule has 15 heavy (non-hydrogen) atoms. The lowest BCUT2D eigenvalue weighted by Gasteiger charge is -2.10. The number of rotatable bonds is 2. The monoisotopic (exact) mass is 219 g/mol. The van der Waals surface area contributed by atoms with Crippen molar-refractivity contribution in [2.45, 2.75) is 6.10 Å². The first-order valence-electron chi connectivity index (χ1n) is 4.62. The summed E-state index contributed by atoms with van der Waals surface area (Å²) >= 11 is 5.75. The summed E-state index contributed by atoms with van der Waals surface area (Å²) in [7, 11) is 0. The Labute approximate surface area is 93.2 Å². The maximum absolute atomic E-state index is 10.0. The molecule has 1 N–H and O–H groups in total.